The molecule has 2 heterocycles. The zero-order valence-corrected chi connectivity index (χ0v) is 13.0. The first-order chi connectivity index (χ1) is 9.74. The predicted molar refractivity (Wildman–Crippen MR) is 85.2 cm³/mol. The maximum Gasteiger partial charge on any atom is 0.0391 e. The highest BCUT2D eigenvalue weighted by Gasteiger charge is 2.18. The zero-order chi connectivity index (χ0) is 13.9. The summed E-state index contributed by atoms with van der Waals surface area (Å²) in [4.78, 5) is 7.19. The second kappa shape index (κ2) is 6.06. The smallest absolute Gasteiger partial charge is 0.0391 e. The molecule has 0 radical (unpaired) electrons. The van der Waals surface area contributed by atoms with Crippen LogP contribution in [-0.4, -0.2) is 4.98 Å². The van der Waals surface area contributed by atoms with Gasteiger partial charge in [0.05, 0.1) is 0 Å². The van der Waals surface area contributed by atoms with Crippen LogP contribution in [-0.2, 0) is 12.8 Å². The van der Waals surface area contributed by atoms with Gasteiger partial charge >= 0.3 is 0 Å². The molecule has 2 aromatic heterocycles. The van der Waals surface area contributed by atoms with E-state index in [1.54, 1.807) is 10.4 Å². The summed E-state index contributed by atoms with van der Waals surface area (Å²) in [5, 5.41) is 3.70. The third kappa shape index (κ3) is 2.94. The SMILES string of the molecule is CC(N[C@@H](C)c1ccncc1)c1cc2c(s1)CCCC2. The molecule has 0 fully saturated rings. The number of hydrogen-bond donors (Lipinski definition) is 1. The van der Waals surface area contributed by atoms with Crippen molar-refractivity contribution < 1.29 is 0 Å². The first kappa shape index (κ1) is 13.8. The molecule has 2 aromatic rings. The topological polar surface area (TPSA) is 24.9 Å². The van der Waals surface area contributed by atoms with Crippen molar-refractivity contribution in [1.29, 1.82) is 0 Å². The average Bonchev–Trinajstić information content (AvgIpc) is 2.92. The van der Waals surface area contributed by atoms with Gasteiger partial charge in [0.15, 0.2) is 0 Å². The number of nitrogens with zero attached hydrogens (tertiary/aromatic N) is 1. The highest BCUT2D eigenvalue weighted by atomic mass is 32.1. The minimum absolute atomic E-state index is 0.354. The summed E-state index contributed by atoms with van der Waals surface area (Å²) in [6, 6.07) is 7.37. The lowest BCUT2D eigenvalue weighted by molar-refractivity contribution is 0.499. The van der Waals surface area contributed by atoms with Gasteiger partial charge < -0.3 is 5.32 Å². The monoisotopic (exact) mass is 286 g/mol. The molecule has 0 spiro atoms. The highest BCUT2D eigenvalue weighted by molar-refractivity contribution is 7.12. The predicted octanol–water partition coefficient (Wildman–Crippen LogP) is 4.43. The fourth-order valence-corrected chi connectivity index (χ4v) is 4.20. The molecular weight excluding hydrogens is 264 g/mol. The Morgan fingerprint density at radius 1 is 1.10 bits per heavy atom. The summed E-state index contributed by atoms with van der Waals surface area (Å²) in [5.41, 5.74) is 2.90. The van der Waals surface area contributed by atoms with Crippen LogP contribution in [0.1, 0.15) is 59.7 Å². The van der Waals surface area contributed by atoms with Crippen LogP contribution in [0.4, 0.5) is 0 Å². The highest BCUT2D eigenvalue weighted by Crippen LogP contribution is 2.33. The molecule has 2 nitrogen and oxygen atoms in total. The van der Waals surface area contributed by atoms with Gasteiger partial charge in [-0.2, -0.15) is 0 Å². The first-order valence-electron chi connectivity index (χ1n) is 7.51. The van der Waals surface area contributed by atoms with E-state index in [0.717, 1.165) is 0 Å². The van der Waals surface area contributed by atoms with E-state index in [1.807, 2.05) is 23.7 Å². The number of hydrogen-bond acceptors (Lipinski definition) is 3. The molecule has 1 aliphatic rings. The van der Waals surface area contributed by atoms with Crippen LogP contribution < -0.4 is 5.32 Å². The molecule has 1 aliphatic carbocycles. The fourth-order valence-electron chi connectivity index (χ4n) is 2.93. The molecule has 1 N–H and O–H groups in total. The molecule has 106 valence electrons. The summed E-state index contributed by atoms with van der Waals surface area (Å²) >= 11 is 2.01. The lowest BCUT2D eigenvalue weighted by Crippen LogP contribution is -2.21. The van der Waals surface area contributed by atoms with E-state index in [4.69, 9.17) is 0 Å². The molecule has 0 bridgehead atoms. The van der Waals surface area contributed by atoms with Gasteiger partial charge in [0, 0.05) is 34.2 Å². The standard InChI is InChI=1S/C17H22N2S/c1-12(14-7-9-18-10-8-14)19-13(2)17-11-15-5-3-4-6-16(15)20-17/h7-13,19H,3-6H2,1-2H3/t12-,13?/m0/s1. The Morgan fingerprint density at radius 2 is 1.85 bits per heavy atom. The van der Waals surface area contributed by atoms with Crippen molar-refractivity contribution in [2.24, 2.45) is 0 Å². The maximum atomic E-state index is 4.08. The van der Waals surface area contributed by atoms with Gasteiger partial charge in [-0.05, 0) is 68.9 Å². The van der Waals surface area contributed by atoms with Crippen LogP contribution in [0.25, 0.3) is 0 Å². The molecule has 0 aromatic carbocycles. The second-order valence-electron chi connectivity index (χ2n) is 5.69. The van der Waals surface area contributed by atoms with E-state index >= 15 is 0 Å². The lowest BCUT2D eigenvalue weighted by atomic mass is 9.99. The molecular formula is C17H22N2S. The minimum atomic E-state index is 0.354. The molecule has 20 heavy (non-hydrogen) atoms. The van der Waals surface area contributed by atoms with Crippen molar-refractivity contribution in [3.63, 3.8) is 0 Å². The number of pyridine rings is 1. The van der Waals surface area contributed by atoms with E-state index in [0.29, 0.717) is 12.1 Å². The van der Waals surface area contributed by atoms with Crippen molar-refractivity contribution >= 4 is 11.3 Å². The maximum absolute atomic E-state index is 4.08. The number of rotatable bonds is 4. The number of thiophene rings is 1. The summed E-state index contributed by atoms with van der Waals surface area (Å²) < 4.78 is 0. The minimum Gasteiger partial charge on any atom is -0.303 e. The largest absolute Gasteiger partial charge is 0.303 e. The van der Waals surface area contributed by atoms with Crippen molar-refractivity contribution in [1.82, 2.24) is 10.3 Å². The van der Waals surface area contributed by atoms with Crippen LogP contribution in [0.5, 0.6) is 0 Å². The molecule has 0 saturated heterocycles. The molecule has 0 aliphatic heterocycles. The van der Waals surface area contributed by atoms with Gasteiger partial charge in [0.1, 0.15) is 0 Å². The average molecular weight is 286 g/mol. The number of aromatic nitrogens is 1. The summed E-state index contributed by atoms with van der Waals surface area (Å²) in [6.07, 6.45) is 9.01. The zero-order valence-electron chi connectivity index (χ0n) is 12.2. The first-order valence-corrected chi connectivity index (χ1v) is 8.33. The quantitative estimate of drug-likeness (QED) is 0.899. The lowest BCUT2D eigenvalue weighted by Gasteiger charge is -2.19. The number of nitrogens with one attached hydrogen (secondary N) is 1. The van der Waals surface area contributed by atoms with Gasteiger partial charge in [0.2, 0.25) is 0 Å². The van der Waals surface area contributed by atoms with Gasteiger partial charge in [-0.25, -0.2) is 0 Å². The van der Waals surface area contributed by atoms with Crippen molar-refractivity contribution in [3.8, 4) is 0 Å². The third-order valence-electron chi connectivity index (χ3n) is 4.15. The molecule has 3 heteroatoms. The van der Waals surface area contributed by atoms with Crippen LogP contribution >= 0.6 is 11.3 Å². The third-order valence-corrected chi connectivity index (χ3v) is 5.57. The van der Waals surface area contributed by atoms with Crippen LogP contribution in [0.15, 0.2) is 30.6 Å². The molecule has 3 rings (SSSR count). The number of aryl methyl sites for hydroxylation is 2. The van der Waals surface area contributed by atoms with E-state index in [-0.39, 0.29) is 0 Å². The van der Waals surface area contributed by atoms with Crippen LogP contribution in [0.3, 0.4) is 0 Å². The summed E-state index contributed by atoms with van der Waals surface area (Å²) in [5.74, 6) is 0. The number of fused-ring (bicyclic) bond motifs is 1. The Kier molecular flexibility index (Phi) is 4.18. The summed E-state index contributed by atoms with van der Waals surface area (Å²) in [6.45, 7) is 4.49. The van der Waals surface area contributed by atoms with E-state index in [9.17, 15) is 0 Å². The Bertz CT molecular complexity index is 538. The van der Waals surface area contributed by atoms with E-state index in [2.05, 4.69) is 42.3 Å². The van der Waals surface area contributed by atoms with Gasteiger partial charge in [0.25, 0.3) is 0 Å². The summed E-state index contributed by atoms with van der Waals surface area (Å²) in [7, 11) is 0. The Balaban J connectivity index is 1.70. The Hall–Kier alpha value is -1.19. The molecule has 0 saturated carbocycles. The van der Waals surface area contributed by atoms with Crippen LogP contribution in [0, 0.1) is 0 Å². The molecule has 2 atom stereocenters. The van der Waals surface area contributed by atoms with E-state index in [1.165, 1.54) is 36.1 Å². The van der Waals surface area contributed by atoms with Crippen LogP contribution in [0.2, 0.25) is 0 Å². The molecule has 0 amide bonds. The normalized spacial score (nSPS) is 17.5. The van der Waals surface area contributed by atoms with E-state index < -0.39 is 0 Å². The van der Waals surface area contributed by atoms with Gasteiger partial charge in [-0.1, -0.05) is 0 Å². The Labute approximate surface area is 125 Å². The fraction of sp³-hybridized carbons (Fsp3) is 0.471. The molecule has 1 unspecified atom stereocenters. The van der Waals surface area contributed by atoms with Crippen molar-refractivity contribution in [2.75, 3.05) is 0 Å². The van der Waals surface area contributed by atoms with Crippen molar-refractivity contribution in [2.45, 2.75) is 51.6 Å². The Morgan fingerprint density at radius 3 is 2.60 bits per heavy atom. The van der Waals surface area contributed by atoms with Crippen molar-refractivity contribution in [3.05, 3.63) is 51.5 Å². The second-order valence-corrected chi connectivity index (χ2v) is 6.86. The van der Waals surface area contributed by atoms with Gasteiger partial charge in [-0.3, -0.25) is 4.98 Å². The van der Waals surface area contributed by atoms with Gasteiger partial charge in [-0.15, -0.1) is 11.3 Å².